The van der Waals surface area contributed by atoms with Crippen LogP contribution in [0.3, 0.4) is 0 Å². The smallest absolute Gasteiger partial charge is 0.181 e. The van der Waals surface area contributed by atoms with Crippen molar-refractivity contribution >= 4 is 5.78 Å². The van der Waals surface area contributed by atoms with Crippen molar-refractivity contribution in [2.24, 2.45) is 0 Å². The summed E-state index contributed by atoms with van der Waals surface area (Å²) in [7, 11) is 0. The fraction of sp³-hybridized carbons (Fsp3) is 0.320. The van der Waals surface area contributed by atoms with Crippen LogP contribution in [0, 0.1) is 0 Å². The van der Waals surface area contributed by atoms with Crippen molar-refractivity contribution in [3.63, 3.8) is 0 Å². The first-order chi connectivity index (χ1) is 14.7. The first kappa shape index (κ1) is 22.3. The zero-order valence-corrected chi connectivity index (χ0v) is 18.0. The van der Waals surface area contributed by atoms with Crippen LogP contribution in [0.25, 0.3) is 0 Å². The molecule has 0 saturated heterocycles. The van der Waals surface area contributed by atoms with Gasteiger partial charge < -0.3 is 25.2 Å². The molecule has 31 heavy (non-hydrogen) atoms. The lowest BCUT2D eigenvalue weighted by atomic mass is 9.86. The van der Waals surface area contributed by atoms with Crippen LogP contribution in [-0.2, 0) is 6.42 Å². The van der Waals surface area contributed by atoms with Crippen LogP contribution in [0.4, 0.5) is 0 Å². The van der Waals surface area contributed by atoms with Crippen molar-refractivity contribution in [1.29, 1.82) is 0 Å². The van der Waals surface area contributed by atoms with Gasteiger partial charge in [0.15, 0.2) is 5.78 Å². The van der Waals surface area contributed by atoms with Gasteiger partial charge >= 0.3 is 0 Å². The molecule has 1 aliphatic rings. The van der Waals surface area contributed by atoms with Crippen molar-refractivity contribution in [3.05, 3.63) is 64.3 Å². The van der Waals surface area contributed by atoms with E-state index in [-0.39, 0.29) is 52.9 Å². The van der Waals surface area contributed by atoms with Gasteiger partial charge in [-0.15, -0.1) is 0 Å². The highest BCUT2D eigenvalue weighted by atomic mass is 16.5. The molecule has 0 unspecified atom stereocenters. The van der Waals surface area contributed by atoms with Gasteiger partial charge in [0.25, 0.3) is 0 Å². The second kappa shape index (κ2) is 9.16. The molecule has 0 radical (unpaired) electrons. The average Bonchev–Trinajstić information content (AvgIpc) is 2.68. The lowest BCUT2D eigenvalue weighted by molar-refractivity contribution is 0.0889. The maximum absolute atomic E-state index is 13.2. The number of fused-ring (bicyclic) bond motifs is 1. The fourth-order valence-electron chi connectivity index (χ4n) is 3.67. The predicted molar refractivity (Wildman–Crippen MR) is 118 cm³/mol. The zero-order valence-electron chi connectivity index (χ0n) is 18.0. The molecule has 2 aromatic rings. The molecule has 0 spiro atoms. The Balaban J connectivity index is 1.89. The van der Waals surface area contributed by atoms with E-state index in [9.17, 15) is 25.2 Å². The number of carbonyl (C=O) groups is 1. The number of hydrogen-bond donors (Lipinski definition) is 4. The Kier molecular flexibility index (Phi) is 6.59. The van der Waals surface area contributed by atoms with Crippen LogP contribution in [0.1, 0.15) is 61.0 Å². The molecular formula is C25H28O6. The number of allylic oxidation sites excluding steroid dienone is 4. The topological polar surface area (TPSA) is 107 Å². The van der Waals surface area contributed by atoms with E-state index in [0.717, 1.165) is 24.5 Å². The van der Waals surface area contributed by atoms with Crippen LogP contribution in [0.15, 0.2) is 47.6 Å². The number of ether oxygens (including phenoxy) is 1. The highest BCUT2D eigenvalue weighted by Gasteiger charge is 2.35. The van der Waals surface area contributed by atoms with Gasteiger partial charge in [0.05, 0.1) is 5.92 Å². The first-order valence-corrected chi connectivity index (χ1v) is 10.2. The van der Waals surface area contributed by atoms with Gasteiger partial charge in [0.1, 0.15) is 40.9 Å². The lowest BCUT2D eigenvalue weighted by Crippen LogP contribution is -2.26. The standard InChI is InChI=1S/C25H28O6/c1-14(2)5-4-6-15(3)7-9-18-21(28)12-22-23(24(18)29)25(30)19(13-31-22)17-10-8-16(26)11-20(17)27/h5,7-8,10-12,19,26-29H,4,6,9,13H2,1-3H3/t19-/m1/s1. The Bertz CT molecular complexity index is 1060. The summed E-state index contributed by atoms with van der Waals surface area (Å²) in [6, 6.07) is 5.34. The summed E-state index contributed by atoms with van der Waals surface area (Å²) < 4.78 is 5.63. The fourth-order valence-corrected chi connectivity index (χ4v) is 3.67. The molecule has 164 valence electrons. The second-order valence-electron chi connectivity index (χ2n) is 8.14. The number of Topliss-reactive ketones (excluding diaryl/α,β-unsaturated/α-hetero) is 1. The molecule has 4 N–H and O–H groups in total. The third-order valence-electron chi connectivity index (χ3n) is 5.45. The molecule has 3 rings (SSSR count). The van der Waals surface area contributed by atoms with Gasteiger partial charge in [-0.3, -0.25) is 4.79 Å². The predicted octanol–water partition coefficient (Wildman–Crippen LogP) is 5.10. The third kappa shape index (κ3) is 4.85. The van der Waals surface area contributed by atoms with Gasteiger partial charge in [0.2, 0.25) is 0 Å². The summed E-state index contributed by atoms with van der Waals surface area (Å²) in [5.41, 5.74) is 2.92. The van der Waals surface area contributed by atoms with E-state index in [1.54, 1.807) is 0 Å². The molecule has 6 nitrogen and oxygen atoms in total. The molecule has 0 amide bonds. The first-order valence-electron chi connectivity index (χ1n) is 10.2. The summed E-state index contributed by atoms with van der Waals surface area (Å²) in [6.07, 6.45) is 6.13. The minimum Gasteiger partial charge on any atom is -0.508 e. The summed E-state index contributed by atoms with van der Waals surface area (Å²) in [6.45, 7) is 6.04. The van der Waals surface area contributed by atoms with Gasteiger partial charge in [-0.1, -0.05) is 29.4 Å². The number of ketones is 1. The van der Waals surface area contributed by atoms with E-state index in [1.807, 2.05) is 26.8 Å². The van der Waals surface area contributed by atoms with Crippen molar-refractivity contribution in [2.45, 2.75) is 46.0 Å². The maximum atomic E-state index is 13.2. The zero-order chi connectivity index (χ0) is 22.7. The molecule has 0 saturated carbocycles. The number of hydrogen-bond acceptors (Lipinski definition) is 6. The van der Waals surface area contributed by atoms with Crippen LogP contribution in [-0.4, -0.2) is 32.8 Å². The minimum absolute atomic E-state index is 0.00730. The third-order valence-corrected chi connectivity index (χ3v) is 5.45. The van der Waals surface area contributed by atoms with E-state index < -0.39 is 11.7 Å². The van der Waals surface area contributed by atoms with Crippen LogP contribution in [0.2, 0.25) is 0 Å². The number of phenolic OH excluding ortho intramolecular Hbond substituents is 4. The van der Waals surface area contributed by atoms with E-state index in [2.05, 4.69) is 6.08 Å². The molecule has 0 fully saturated rings. The van der Waals surface area contributed by atoms with Gasteiger partial charge in [-0.05, 0) is 46.1 Å². The summed E-state index contributed by atoms with van der Waals surface area (Å²) in [5, 5.41) is 40.9. The molecule has 1 atom stereocenters. The number of carbonyl (C=O) groups excluding carboxylic acids is 1. The Labute approximate surface area is 181 Å². The summed E-state index contributed by atoms with van der Waals surface area (Å²) in [5.74, 6) is -1.92. The second-order valence-corrected chi connectivity index (χ2v) is 8.14. The van der Waals surface area contributed by atoms with E-state index in [4.69, 9.17) is 4.74 Å². The van der Waals surface area contributed by atoms with Crippen LogP contribution >= 0.6 is 0 Å². The molecule has 0 bridgehead atoms. The van der Waals surface area contributed by atoms with Crippen LogP contribution in [0.5, 0.6) is 28.7 Å². The lowest BCUT2D eigenvalue weighted by Gasteiger charge is -2.26. The Morgan fingerprint density at radius 1 is 1.06 bits per heavy atom. The van der Waals surface area contributed by atoms with E-state index in [1.165, 1.54) is 23.8 Å². The monoisotopic (exact) mass is 424 g/mol. The number of aromatic hydroxyl groups is 4. The molecule has 0 aliphatic carbocycles. The Morgan fingerprint density at radius 3 is 2.48 bits per heavy atom. The molecule has 1 aliphatic heterocycles. The number of benzene rings is 2. The molecule has 6 heteroatoms. The SMILES string of the molecule is CC(C)=CCCC(C)=CCc1c(O)cc2c(c1O)C(=O)[C@@H](c1ccc(O)cc1O)CO2. The number of phenols is 4. The Morgan fingerprint density at radius 2 is 1.81 bits per heavy atom. The minimum atomic E-state index is -0.835. The average molecular weight is 424 g/mol. The van der Waals surface area contributed by atoms with Crippen molar-refractivity contribution in [2.75, 3.05) is 6.61 Å². The summed E-state index contributed by atoms with van der Waals surface area (Å²) in [4.78, 5) is 13.2. The summed E-state index contributed by atoms with van der Waals surface area (Å²) >= 11 is 0. The van der Waals surface area contributed by atoms with Crippen molar-refractivity contribution in [3.8, 4) is 28.7 Å². The molecule has 2 aromatic carbocycles. The molecule has 0 aromatic heterocycles. The Hall–Kier alpha value is -3.41. The van der Waals surface area contributed by atoms with Crippen molar-refractivity contribution < 1.29 is 30.0 Å². The highest BCUT2D eigenvalue weighted by molar-refractivity contribution is 6.07. The van der Waals surface area contributed by atoms with Gasteiger partial charge in [0, 0.05) is 23.3 Å². The normalized spacial score (nSPS) is 15.9. The van der Waals surface area contributed by atoms with Gasteiger partial charge in [-0.2, -0.15) is 0 Å². The maximum Gasteiger partial charge on any atom is 0.181 e. The largest absolute Gasteiger partial charge is 0.508 e. The van der Waals surface area contributed by atoms with Crippen molar-refractivity contribution in [1.82, 2.24) is 0 Å². The quantitative estimate of drug-likeness (QED) is 0.481. The van der Waals surface area contributed by atoms with E-state index in [0.29, 0.717) is 5.56 Å². The number of rotatable bonds is 6. The highest BCUT2D eigenvalue weighted by Crippen LogP contribution is 2.45. The molecular weight excluding hydrogens is 396 g/mol. The molecule has 1 heterocycles. The van der Waals surface area contributed by atoms with Crippen LogP contribution < -0.4 is 4.74 Å². The van der Waals surface area contributed by atoms with E-state index >= 15 is 0 Å². The van der Waals surface area contributed by atoms with Gasteiger partial charge in [-0.25, -0.2) is 0 Å².